The first-order valence-corrected chi connectivity index (χ1v) is 8.68. The van der Waals surface area contributed by atoms with Gasteiger partial charge >= 0.3 is 5.97 Å². The highest BCUT2D eigenvalue weighted by atomic mass is 16.4. The van der Waals surface area contributed by atoms with Crippen LogP contribution < -0.4 is 5.32 Å². The standard InChI is InChI=1S/C17H28N2O5/c1-2-3-4-5-6-7-8-10-19-11-9-13(20)15(17(19)24)16(23)18-12-14(21)22/h20H,2-12H2,1H3,(H,18,23)(H,21,22). The van der Waals surface area contributed by atoms with Crippen molar-refractivity contribution in [2.24, 2.45) is 0 Å². The molecule has 7 heteroatoms. The van der Waals surface area contributed by atoms with Crippen LogP contribution in [0.25, 0.3) is 0 Å². The van der Waals surface area contributed by atoms with Gasteiger partial charge in [-0.25, -0.2) is 0 Å². The number of rotatable bonds is 11. The van der Waals surface area contributed by atoms with E-state index in [0.29, 0.717) is 13.1 Å². The zero-order valence-corrected chi connectivity index (χ0v) is 14.3. The topological polar surface area (TPSA) is 107 Å². The number of unbranched alkanes of at least 4 members (excludes halogenated alkanes) is 6. The zero-order valence-electron chi connectivity index (χ0n) is 14.3. The van der Waals surface area contributed by atoms with E-state index < -0.39 is 24.3 Å². The molecule has 0 atom stereocenters. The van der Waals surface area contributed by atoms with Gasteiger partial charge in [0.15, 0.2) is 0 Å². The first-order chi connectivity index (χ1) is 11.5. The fourth-order valence-electron chi connectivity index (χ4n) is 2.69. The van der Waals surface area contributed by atoms with Crippen molar-refractivity contribution in [3.63, 3.8) is 0 Å². The lowest BCUT2D eigenvalue weighted by Crippen LogP contribution is -2.43. The maximum absolute atomic E-state index is 12.3. The fourth-order valence-corrected chi connectivity index (χ4v) is 2.69. The monoisotopic (exact) mass is 340 g/mol. The summed E-state index contributed by atoms with van der Waals surface area (Å²) in [7, 11) is 0. The van der Waals surface area contributed by atoms with Crippen molar-refractivity contribution >= 4 is 17.8 Å². The Hall–Kier alpha value is -2.05. The number of carbonyl (C=O) groups excluding carboxylic acids is 2. The molecule has 0 aliphatic carbocycles. The van der Waals surface area contributed by atoms with Gasteiger partial charge in [0.25, 0.3) is 11.8 Å². The molecule has 1 aliphatic rings. The summed E-state index contributed by atoms with van der Waals surface area (Å²) in [4.78, 5) is 36.3. The molecule has 2 amide bonds. The lowest BCUT2D eigenvalue weighted by Gasteiger charge is -2.28. The van der Waals surface area contributed by atoms with Gasteiger partial charge in [-0.15, -0.1) is 0 Å². The second-order valence-electron chi connectivity index (χ2n) is 6.06. The Kier molecular flexibility index (Phi) is 8.89. The van der Waals surface area contributed by atoms with Crippen LogP contribution in [0.15, 0.2) is 11.3 Å². The van der Waals surface area contributed by atoms with Crippen LogP contribution in [0.1, 0.15) is 58.3 Å². The molecule has 136 valence electrons. The minimum absolute atomic E-state index is 0.220. The van der Waals surface area contributed by atoms with E-state index in [2.05, 4.69) is 12.2 Å². The minimum Gasteiger partial charge on any atom is -0.511 e. The summed E-state index contributed by atoms with van der Waals surface area (Å²) in [6, 6.07) is 0. The molecule has 0 aromatic carbocycles. The van der Waals surface area contributed by atoms with Crippen molar-refractivity contribution in [2.45, 2.75) is 58.3 Å². The molecule has 0 aromatic rings. The maximum atomic E-state index is 12.3. The summed E-state index contributed by atoms with van der Waals surface area (Å²) in [6.07, 6.45) is 8.16. The van der Waals surface area contributed by atoms with Crippen molar-refractivity contribution in [3.05, 3.63) is 11.3 Å². The van der Waals surface area contributed by atoms with E-state index in [1.54, 1.807) is 4.90 Å². The van der Waals surface area contributed by atoms with Crippen molar-refractivity contribution in [1.29, 1.82) is 0 Å². The van der Waals surface area contributed by atoms with Gasteiger partial charge in [0.05, 0.1) is 0 Å². The zero-order chi connectivity index (χ0) is 17.9. The molecule has 0 unspecified atom stereocenters. The summed E-state index contributed by atoms with van der Waals surface area (Å²) in [5.74, 6) is -2.82. The molecule has 3 N–H and O–H groups in total. The number of amides is 2. The Morgan fingerprint density at radius 2 is 1.75 bits per heavy atom. The number of nitrogens with zero attached hydrogens (tertiary/aromatic N) is 1. The van der Waals surface area contributed by atoms with Crippen molar-refractivity contribution < 1.29 is 24.6 Å². The van der Waals surface area contributed by atoms with Crippen LogP contribution in [0.5, 0.6) is 0 Å². The van der Waals surface area contributed by atoms with E-state index in [4.69, 9.17) is 5.11 Å². The second-order valence-corrected chi connectivity index (χ2v) is 6.06. The summed E-state index contributed by atoms with van der Waals surface area (Å²) >= 11 is 0. The summed E-state index contributed by atoms with van der Waals surface area (Å²) in [5, 5.41) is 20.5. The summed E-state index contributed by atoms with van der Waals surface area (Å²) in [6.45, 7) is 2.53. The van der Waals surface area contributed by atoms with Gasteiger partial charge in [-0.3, -0.25) is 14.4 Å². The Morgan fingerprint density at radius 3 is 2.38 bits per heavy atom. The van der Waals surface area contributed by atoms with Gasteiger partial charge in [-0.2, -0.15) is 0 Å². The Bertz CT molecular complexity index is 487. The molecule has 0 fully saturated rings. The first kappa shape index (κ1) is 20.0. The molecule has 1 heterocycles. The third-order valence-corrected chi connectivity index (χ3v) is 4.07. The third kappa shape index (κ3) is 6.60. The van der Waals surface area contributed by atoms with E-state index in [0.717, 1.165) is 19.3 Å². The van der Waals surface area contributed by atoms with Crippen LogP contribution >= 0.6 is 0 Å². The molecular formula is C17H28N2O5. The van der Waals surface area contributed by atoms with E-state index in [1.807, 2.05) is 0 Å². The molecule has 24 heavy (non-hydrogen) atoms. The van der Waals surface area contributed by atoms with E-state index in [-0.39, 0.29) is 17.8 Å². The number of aliphatic hydroxyl groups is 1. The quantitative estimate of drug-likeness (QED) is 0.394. The molecule has 0 spiro atoms. The molecule has 0 bridgehead atoms. The summed E-state index contributed by atoms with van der Waals surface area (Å²) < 4.78 is 0. The van der Waals surface area contributed by atoms with E-state index in [9.17, 15) is 19.5 Å². The van der Waals surface area contributed by atoms with Crippen LogP contribution in [0.3, 0.4) is 0 Å². The molecule has 0 saturated carbocycles. The predicted molar refractivity (Wildman–Crippen MR) is 89.5 cm³/mol. The van der Waals surface area contributed by atoms with Crippen molar-refractivity contribution in [1.82, 2.24) is 10.2 Å². The highest BCUT2D eigenvalue weighted by Crippen LogP contribution is 2.18. The minimum atomic E-state index is -1.20. The molecule has 0 saturated heterocycles. The average molecular weight is 340 g/mol. The van der Waals surface area contributed by atoms with Gasteiger partial charge in [0.2, 0.25) is 0 Å². The van der Waals surface area contributed by atoms with E-state index in [1.165, 1.54) is 25.7 Å². The van der Waals surface area contributed by atoms with Crippen LogP contribution in [0, 0.1) is 0 Å². The fraction of sp³-hybridized carbons (Fsp3) is 0.706. The van der Waals surface area contributed by atoms with Crippen LogP contribution in [0.2, 0.25) is 0 Å². The number of carboxylic acid groups (broad SMARTS) is 1. The molecular weight excluding hydrogens is 312 g/mol. The predicted octanol–water partition coefficient (Wildman–Crippen LogP) is 1.98. The second kappa shape index (κ2) is 10.7. The molecule has 0 radical (unpaired) electrons. The number of hydrogen-bond acceptors (Lipinski definition) is 4. The molecule has 0 aromatic heterocycles. The van der Waals surface area contributed by atoms with Gasteiger partial charge in [-0.1, -0.05) is 45.4 Å². The highest BCUT2D eigenvalue weighted by Gasteiger charge is 2.31. The van der Waals surface area contributed by atoms with Crippen LogP contribution in [0.4, 0.5) is 0 Å². The van der Waals surface area contributed by atoms with Gasteiger partial charge in [0.1, 0.15) is 17.9 Å². The first-order valence-electron chi connectivity index (χ1n) is 8.68. The number of carbonyl (C=O) groups is 3. The SMILES string of the molecule is CCCCCCCCCN1CCC(O)=C(C(=O)NCC(=O)O)C1=O. The van der Waals surface area contributed by atoms with Gasteiger partial charge in [-0.05, 0) is 6.42 Å². The Balaban J connectivity index is 2.42. The number of carboxylic acids is 1. The Labute approximate surface area is 142 Å². The average Bonchev–Trinajstić information content (AvgIpc) is 2.54. The largest absolute Gasteiger partial charge is 0.511 e. The third-order valence-electron chi connectivity index (χ3n) is 4.07. The maximum Gasteiger partial charge on any atom is 0.322 e. The number of hydrogen-bond donors (Lipinski definition) is 3. The molecule has 1 rings (SSSR count). The van der Waals surface area contributed by atoms with Crippen LogP contribution in [-0.4, -0.2) is 52.5 Å². The molecule has 1 aliphatic heterocycles. The van der Waals surface area contributed by atoms with Crippen LogP contribution in [-0.2, 0) is 14.4 Å². The highest BCUT2D eigenvalue weighted by molar-refractivity contribution is 6.19. The lowest BCUT2D eigenvalue weighted by molar-refractivity contribution is -0.138. The molecule has 7 nitrogen and oxygen atoms in total. The Morgan fingerprint density at radius 1 is 1.12 bits per heavy atom. The number of nitrogens with one attached hydrogen (secondary N) is 1. The number of aliphatic hydroxyl groups excluding tert-OH is 1. The smallest absolute Gasteiger partial charge is 0.322 e. The van der Waals surface area contributed by atoms with E-state index >= 15 is 0 Å². The summed E-state index contributed by atoms with van der Waals surface area (Å²) in [5.41, 5.74) is -0.328. The van der Waals surface area contributed by atoms with Crippen molar-refractivity contribution in [2.75, 3.05) is 19.6 Å². The normalized spacial score (nSPS) is 14.9. The van der Waals surface area contributed by atoms with Gasteiger partial charge in [0, 0.05) is 19.5 Å². The number of aliphatic carboxylic acids is 1. The van der Waals surface area contributed by atoms with Crippen molar-refractivity contribution in [3.8, 4) is 0 Å². The lowest BCUT2D eigenvalue weighted by atomic mass is 10.0. The van der Waals surface area contributed by atoms with Gasteiger partial charge < -0.3 is 20.4 Å².